The van der Waals surface area contributed by atoms with Crippen molar-refractivity contribution in [1.29, 1.82) is 0 Å². The molecule has 2 N–H and O–H groups in total. The third-order valence-electron chi connectivity index (χ3n) is 8.08. The Labute approximate surface area is 198 Å². The van der Waals surface area contributed by atoms with E-state index in [1.54, 1.807) is 25.6 Å². The number of benzene rings is 1. The number of aromatic amines is 1. The predicted octanol–water partition coefficient (Wildman–Crippen LogP) is 3.02. The molecule has 1 aromatic heterocycles. The number of thioether (sulfide) groups is 1. The number of thiazole rings is 1. The molecule has 7 nitrogen and oxygen atoms in total. The summed E-state index contributed by atoms with van der Waals surface area (Å²) in [7, 11) is 0. The van der Waals surface area contributed by atoms with E-state index in [4.69, 9.17) is 0 Å². The number of amides is 2. The maximum absolute atomic E-state index is 13.6. The van der Waals surface area contributed by atoms with Crippen molar-refractivity contribution in [2.24, 2.45) is 35.5 Å². The van der Waals surface area contributed by atoms with Crippen LogP contribution in [0.15, 0.2) is 40.2 Å². The molecule has 8 atom stereocenters. The summed E-state index contributed by atoms with van der Waals surface area (Å²) in [4.78, 5) is 56.3. The topological polar surface area (TPSA) is 108 Å². The highest BCUT2D eigenvalue weighted by molar-refractivity contribution is 8.00. The molecule has 0 radical (unpaired) electrons. The summed E-state index contributed by atoms with van der Waals surface area (Å²) in [6.07, 6.45) is 0.797. The summed E-state index contributed by atoms with van der Waals surface area (Å²) >= 11 is 2.88. The molecule has 2 aliphatic heterocycles. The average Bonchev–Trinajstić information content (AvgIpc) is 3.49. The van der Waals surface area contributed by atoms with Gasteiger partial charge in [0.25, 0.3) is 0 Å². The number of rotatable bonds is 4. The Hall–Kier alpha value is -2.39. The van der Waals surface area contributed by atoms with Crippen LogP contribution in [0.2, 0.25) is 0 Å². The molecule has 9 heteroatoms. The van der Waals surface area contributed by atoms with Crippen LogP contribution in [-0.2, 0) is 14.4 Å². The van der Waals surface area contributed by atoms with Gasteiger partial charge >= 0.3 is 10.8 Å². The number of carbonyl (C=O) groups excluding carboxylic acids is 2. The van der Waals surface area contributed by atoms with Crippen molar-refractivity contribution in [2.75, 3.05) is 0 Å². The van der Waals surface area contributed by atoms with Gasteiger partial charge in [-0.3, -0.25) is 19.3 Å². The van der Waals surface area contributed by atoms with Gasteiger partial charge in [-0.1, -0.05) is 55.5 Å². The van der Waals surface area contributed by atoms with Gasteiger partial charge in [0.05, 0.1) is 16.9 Å². The number of hydrogen-bond acceptors (Lipinski definition) is 6. The van der Waals surface area contributed by atoms with Crippen LogP contribution < -0.4 is 4.87 Å². The van der Waals surface area contributed by atoms with Gasteiger partial charge in [0.1, 0.15) is 6.04 Å². The first-order valence-electron chi connectivity index (χ1n) is 11.3. The Balaban J connectivity index is 1.44. The molecule has 3 fully saturated rings. The van der Waals surface area contributed by atoms with E-state index in [0.29, 0.717) is 0 Å². The zero-order valence-corrected chi connectivity index (χ0v) is 19.8. The molecule has 1 saturated heterocycles. The first-order valence-corrected chi connectivity index (χ1v) is 13.0. The van der Waals surface area contributed by atoms with Gasteiger partial charge in [0.15, 0.2) is 0 Å². The highest BCUT2D eigenvalue weighted by Crippen LogP contribution is 2.68. The van der Waals surface area contributed by atoms with Crippen molar-refractivity contribution in [1.82, 2.24) is 9.88 Å². The highest BCUT2D eigenvalue weighted by Gasteiger charge is 2.70. The zero-order valence-electron chi connectivity index (χ0n) is 18.1. The smallest absolute Gasteiger partial charge is 0.327 e. The Morgan fingerprint density at radius 3 is 2.39 bits per heavy atom. The summed E-state index contributed by atoms with van der Waals surface area (Å²) in [6.45, 7) is 3.47. The quantitative estimate of drug-likeness (QED) is 0.646. The van der Waals surface area contributed by atoms with E-state index in [9.17, 15) is 24.3 Å². The van der Waals surface area contributed by atoms with Crippen molar-refractivity contribution in [2.45, 2.75) is 42.5 Å². The van der Waals surface area contributed by atoms with E-state index < -0.39 is 23.8 Å². The maximum Gasteiger partial charge on any atom is 0.327 e. The second-order valence-electron chi connectivity index (χ2n) is 9.94. The Bertz CT molecular complexity index is 1220. The lowest BCUT2D eigenvalue weighted by Crippen LogP contribution is -2.49. The molecular formula is C24H24N2O5S2. The number of aliphatic carboxylic acids is 1. The summed E-state index contributed by atoms with van der Waals surface area (Å²) in [5.74, 6) is -2.94. The lowest BCUT2D eigenvalue weighted by atomic mass is 9.68. The summed E-state index contributed by atoms with van der Waals surface area (Å²) in [6, 6.07) is 8.95. The summed E-state index contributed by atoms with van der Waals surface area (Å²) in [5, 5.41) is 10.8. The normalized spacial score (nSPS) is 35.0. The summed E-state index contributed by atoms with van der Waals surface area (Å²) < 4.78 is 0. The number of likely N-dealkylation sites (tertiary alicyclic amines) is 1. The lowest BCUT2D eigenvalue weighted by Gasteiger charge is -2.43. The number of carboxylic acid groups (broad SMARTS) is 1. The van der Waals surface area contributed by atoms with Crippen LogP contribution in [-0.4, -0.2) is 44.1 Å². The van der Waals surface area contributed by atoms with Crippen molar-refractivity contribution < 1.29 is 19.5 Å². The highest BCUT2D eigenvalue weighted by atomic mass is 32.2. The van der Waals surface area contributed by atoms with Crippen molar-refractivity contribution >= 4 is 40.9 Å². The molecule has 2 bridgehead atoms. The van der Waals surface area contributed by atoms with E-state index in [1.807, 2.05) is 18.2 Å². The fourth-order valence-corrected chi connectivity index (χ4v) is 9.93. The van der Waals surface area contributed by atoms with Gasteiger partial charge in [0, 0.05) is 16.0 Å². The van der Waals surface area contributed by atoms with Crippen LogP contribution in [0.4, 0.5) is 0 Å². The van der Waals surface area contributed by atoms with Crippen LogP contribution in [0, 0.1) is 35.5 Å². The number of carboxylic acids is 1. The third kappa shape index (κ3) is 2.81. The van der Waals surface area contributed by atoms with Crippen LogP contribution in [0.3, 0.4) is 0 Å². The van der Waals surface area contributed by atoms with E-state index in [-0.39, 0.29) is 51.5 Å². The van der Waals surface area contributed by atoms with Crippen LogP contribution in [0.25, 0.3) is 0 Å². The molecule has 1 aromatic carbocycles. The lowest BCUT2D eigenvalue weighted by molar-refractivity contribution is -0.157. The molecule has 2 aromatic rings. The minimum atomic E-state index is -1.13. The largest absolute Gasteiger partial charge is 0.480 e. The molecule has 172 valence electrons. The summed E-state index contributed by atoms with van der Waals surface area (Å²) in [5.41, 5.74) is 1.12. The van der Waals surface area contributed by atoms with E-state index >= 15 is 0 Å². The van der Waals surface area contributed by atoms with Gasteiger partial charge in [0.2, 0.25) is 11.8 Å². The Morgan fingerprint density at radius 1 is 1.09 bits per heavy atom. The monoisotopic (exact) mass is 484 g/mol. The number of hydrogen-bond donors (Lipinski definition) is 2. The number of nitrogens with zero attached hydrogens (tertiary/aromatic N) is 1. The average molecular weight is 485 g/mol. The molecule has 2 saturated carbocycles. The molecule has 2 aliphatic carbocycles. The van der Waals surface area contributed by atoms with Crippen LogP contribution in [0.1, 0.15) is 36.6 Å². The molecule has 4 aliphatic rings. The van der Waals surface area contributed by atoms with Gasteiger partial charge in [-0.2, -0.15) is 0 Å². The zero-order chi connectivity index (χ0) is 23.2. The Morgan fingerprint density at radius 2 is 1.76 bits per heavy atom. The van der Waals surface area contributed by atoms with Gasteiger partial charge in [-0.25, -0.2) is 4.79 Å². The van der Waals surface area contributed by atoms with Crippen LogP contribution in [0.5, 0.6) is 0 Å². The van der Waals surface area contributed by atoms with E-state index in [0.717, 1.165) is 26.8 Å². The van der Waals surface area contributed by atoms with Crippen LogP contribution >= 0.6 is 23.1 Å². The number of aromatic nitrogens is 1. The number of carbonyl (C=O) groups is 3. The third-order valence-corrected chi connectivity index (χ3v) is 10.7. The fourth-order valence-electron chi connectivity index (χ4n) is 7.04. The molecule has 0 spiro atoms. The standard InChI is InChI=1S/C24H24N2O5S2/c1-9(2)17(23(29)30)26-21(27)15-11-8-12(16(15)22(26)28)18-14(11)13(10-6-4-3-5-7-10)19-20(32-18)25-24(31)33-19/h3-7,9,11-18H,8H2,1-2H3,(H,25,31)(H,29,30)/t11-,12-,13-,14-,15+,16-,17-,18-/m1/s1. The molecule has 33 heavy (non-hydrogen) atoms. The SMILES string of the molecule is CC(C)[C@H](C(=O)O)N1C(=O)[C@@H]2[C@H]3C[C@@H]([C@@H]2C1=O)[C@@H]1[C@@H](c2ccccc2)c2sc(=O)[nH]c2S[C@H]31. The van der Waals surface area contributed by atoms with Gasteiger partial charge < -0.3 is 10.1 Å². The number of fused-ring (bicyclic) bond motifs is 9. The van der Waals surface area contributed by atoms with Gasteiger partial charge in [-0.15, -0.1) is 11.8 Å². The minimum absolute atomic E-state index is 0.000761. The van der Waals surface area contributed by atoms with Gasteiger partial charge in [-0.05, 0) is 35.7 Å². The molecular weight excluding hydrogens is 460 g/mol. The second kappa shape index (κ2) is 7.30. The van der Waals surface area contributed by atoms with Crippen molar-refractivity contribution in [3.8, 4) is 0 Å². The molecule has 2 amide bonds. The molecule has 0 unspecified atom stereocenters. The van der Waals surface area contributed by atoms with Crippen molar-refractivity contribution in [3.05, 3.63) is 50.4 Å². The fraction of sp³-hybridized carbons (Fsp3) is 0.500. The second-order valence-corrected chi connectivity index (χ2v) is 12.1. The molecule has 6 rings (SSSR count). The molecule has 3 heterocycles. The first-order chi connectivity index (χ1) is 15.8. The number of nitrogens with one attached hydrogen (secondary N) is 1. The first kappa shape index (κ1) is 21.2. The number of H-pyrrole nitrogens is 1. The van der Waals surface area contributed by atoms with E-state index in [1.165, 1.54) is 11.3 Å². The Kier molecular flexibility index (Phi) is 4.68. The number of imide groups is 1. The predicted molar refractivity (Wildman–Crippen MR) is 123 cm³/mol. The van der Waals surface area contributed by atoms with E-state index in [2.05, 4.69) is 17.1 Å². The van der Waals surface area contributed by atoms with Crippen molar-refractivity contribution in [3.63, 3.8) is 0 Å². The minimum Gasteiger partial charge on any atom is -0.480 e. The maximum atomic E-state index is 13.6.